The third kappa shape index (κ3) is 3.60. The first-order valence-electron chi connectivity index (χ1n) is 13.3. The van der Waals surface area contributed by atoms with Gasteiger partial charge in [0, 0.05) is 16.5 Å². The summed E-state index contributed by atoms with van der Waals surface area (Å²) < 4.78 is 9.07. The second kappa shape index (κ2) is 8.62. The van der Waals surface area contributed by atoms with Crippen LogP contribution in [0.1, 0.15) is 75.6 Å². The zero-order valence-electron chi connectivity index (χ0n) is 22.5. The number of hydrogen-bond donors (Lipinski definition) is 0. The average Bonchev–Trinajstić information content (AvgIpc) is 3.27. The SMILES string of the molecule is CC(C)c1cccc(C(C)C)c1-n1c(-c2cccc3c2Oc2ccccc2C3(C)C)nc2ccccc21. The van der Waals surface area contributed by atoms with Crippen molar-refractivity contribution in [3.05, 3.63) is 107 Å². The zero-order chi connectivity index (χ0) is 25.9. The van der Waals surface area contributed by atoms with E-state index in [4.69, 9.17) is 9.72 Å². The predicted octanol–water partition coefficient (Wildman–Crippen LogP) is 9.37. The van der Waals surface area contributed by atoms with Gasteiger partial charge in [-0.15, -0.1) is 0 Å². The van der Waals surface area contributed by atoms with Crippen molar-refractivity contribution in [2.75, 3.05) is 0 Å². The van der Waals surface area contributed by atoms with Gasteiger partial charge in [-0.1, -0.05) is 102 Å². The lowest BCUT2D eigenvalue weighted by atomic mass is 9.75. The standard InChI is InChI=1S/C34H34N2O/c1-21(2)23-13-11-14-24(22(3)4)31(23)36-29-19-9-8-18-28(29)35-33(36)25-15-12-17-27-32(25)37-30-20-10-7-16-26(30)34(27,5)6/h7-22H,1-6H3. The van der Waals surface area contributed by atoms with Crippen molar-refractivity contribution >= 4 is 11.0 Å². The fourth-order valence-electron chi connectivity index (χ4n) is 5.85. The molecular formula is C34H34N2O. The molecule has 0 saturated heterocycles. The molecule has 1 aliphatic heterocycles. The Morgan fingerprint density at radius 2 is 1.32 bits per heavy atom. The molecule has 0 bridgehead atoms. The lowest BCUT2D eigenvalue weighted by Gasteiger charge is -2.35. The predicted molar refractivity (Wildman–Crippen MR) is 153 cm³/mol. The van der Waals surface area contributed by atoms with Crippen molar-refractivity contribution in [2.45, 2.75) is 58.8 Å². The number of fused-ring (bicyclic) bond motifs is 3. The van der Waals surface area contributed by atoms with Gasteiger partial charge in [0.1, 0.15) is 17.3 Å². The minimum absolute atomic E-state index is 0.185. The first-order valence-corrected chi connectivity index (χ1v) is 13.3. The van der Waals surface area contributed by atoms with E-state index < -0.39 is 0 Å². The van der Waals surface area contributed by atoms with E-state index in [0.717, 1.165) is 33.9 Å². The Bertz CT molecular complexity index is 1610. The number of benzene rings is 4. The van der Waals surface area contributed by atoms with Crippen molar-refractivity contribution in [3.63, 3.8) is 0 Å². The smallest absolute Gasteiger partial charge is 0.149 e. The van der Waals surface area contributed by atoms with Gasteiger partial charge in [-0.2, -0.15) is 0 Å². The van der Waals surface area contributed by atoms with Gasteiger partial charge in [0.2, 0.25) is 0 Å². The maximum atomic E-state index is 6.69. The molecule has 37 heavy (non-hydrogen) atoms. The van der Waals surface area contributed by atoms with E-state index in [-0.39, 0.29) is 5.41 Å². The van der Waals surface area contributed by atoms with Crippen LogP contribution >= 0.6 is 0 Å². The molecule has 1 aromatic heterocycles. The number of aromatic nitrogens is 2. The third-order valence-electron chi connectivity index (χ3n) is 7.83. The van der Waals surface area contributed by atoms with Crippen LogP contribution in [0.15, 0.2) is 84.9 Å². The summed E-state index contributed by atoms with van der Waals surface area (Å²) in [5.74, 6) is 3.48. The summed E-state index contributed by atoms with van der Waals surface area (Å²) in [6.45, 7) is 13.7. The molecule has 0 radical (unpaired) electrons. The quantitative estimate of drug-likeness (QED) is 0.253. The summed E-state index contributed by atoms with van der Waals surface area (Å²) in [6, 6.07) is 30.1. The lowest BCUT2D eigenvalue weighted by molar-refractivity contribution is 0.419. The van der Waals surface area contributed by atoms with Gasteiger partial charge in [0.05, 0.1) is 22.3 Å². The van der Waals surface area contributed by atoms with E-state index in [0.29, 0.717) is 11.8 Å². The van der Waals surface area contributed by atoms with Gasteiger partial charge in [0.15, 0.2) is 0 Å². The molecule has 3 heteroatoms. The van der Waals surface area contributed by atoms with Gasteiger partial charge in [-0.25, -0.2) is 4.98 Å². The van der Waals surface area contributed by atoms with Crippen LogP contribution in [0, 0.1) is 0 Å². The number of imidazole rings is 1. The number of hydrogen-bond acceptors (Lipinski definition) is 2. The van der Waals surface area contributed by atoms with Crippen LogP contribution in [-0.2, 0) is 5.41 Å². The molecule has 0 atom stereocenters. The molecule has 0 spiro atoms. The van der Waals surface area contributed by atoms with E-state index in [1.54, 1.807) is 0 Å². The molecule has 0 amide bonds. The Kier molecular flexibility index (Phi) is 5.49. The minimum Gasteiger partial charge on any atom is -0.456 e. The van der Waals surface area contributed by atoms with Gasteiger partial charge in [-0.3, -0.25) is 4.57 Å². The fraction of sp³-hybridized carbons (Fsp3) is 0.265. The summed E-state index contributed by atoms with van der Waals surface area (Å²) in [4.78, 5) is 5.25. The maximum Gasteiger partial charge on any atom is 0.149 e. The summed E-state index contributed by atoms with van der Waals surface area (Å²) in [5.41, 5.74) is 9.21. The zero-order valence-corrected chi connectivity index (χ0v) is 22.5. The highest BCUT2D eigenvalue weighted by Gasteiger charge is 2.36. The first-order chi connectivity index (χ1) is 17.8. The molecule has 3 nitrogen and oxygen atoms in total. The monoisotopic (exact) mass is 486 g/mol. The number of rotatable bonds is 4. The Balaban J connectivity index is 1.70. The maximum absolute atomic E-state index is 6.69. The van der Waals surface area contributed by atoms with Gasteiger partial charge >= 0.3 is 0 Å². The van der Waals surface area contributed by atoms with Gasteiger partial charge in [0.25, 0.3) is 0 Å². The number of ether oxygens (including phenoxy) is 1. The van der Waals surface area contributed by atoms with Crippen molar-refractivity contribution in [3.8, 4) is 28.6 Å². The van der Waals surface area contributed by atoms with Crippen LogP contribution in [0.25, 0.3) is 28.1 Å². The normalized spacial score (nSPS) is 14.1. The van der Waals surface area contributed by atoms with E-state index in [1.165, 1.54) is 27.9 Å². The van der Waals surface area contributed by atoms with Crippen LogP contribution in [0.3, 0.4) is 0 Å². The highest BCUT2D eigenvalue weighted by molar-refractivity contribution is 5.86. The molecule has 0 saturated carbocycles. The summed E-state index contributed by atoms with van der Waals surface area (Å²) in [7, 11) is 0. The van der Waals surface area contributed by atoms with Crippen LogP contribution in [0.5, 0.6) is 11.5 Å². The topological polar surface area (TPSA) is 27.1 Å². The number of para-hydroxylation sites is 5. The van der Waals surface area contributed by atoms with Crippen LogP contribution in [0.4, 0.5) is 0 Å². The van der Waals surface area contributed by atoms with Crippen molar-refractivity contribution in [1.29, 1.82) is 0 Å². The molecular weight excluding hydrogens is 452 g/mol. The highest BCUT2D eigenvalue weighted by atomic mass is 16.5. The van der Waals surface area contributed by atoms with Crippen LogP contribution in [-0.4, -0.2) is 9.55 Å². The Morgan fingerprint density at radius 1 is 0.703 bits per heavy atom. The molecule has 5 aromatic rings. The second-order valence-electron chi connectivity index (χ2n) is 11.3. The largest absolute Gasteiger partial charge is 0.456 e. The molecule has 6 rings (SSSR count). The van der Waals surface area contributed by atoms with Crippen LogP contribution < -0.4 is 4.74 Å². The minimum atomic E-state index is -0.185. The van der Waals surface area contributed by atoms with E-state index in [9.17, 15) is 0 Å². The Hall–Kier alpha value is -3.85. The average molecular weight is 487 g/mol. The molecule has 1 aliphatic rings. The molecule has 2 heterocycles. The lowest BCUT2D eigenvalue weighted by Crippen LogP contribution is -2.24. The fourth-order valence-corrected chi connectivity index (χ4v) is 5.85. The van der Waals surface area contributed by atoms with Gasteiger partial charge in [-0.05, 0) is 47.2 Å². The molecule has 0 fully saturated rings. The van der Waals surface area contributed by atoms with Crippen molar-refractivity contribution < 1.29 is 4.74 Å². The van der Waals surface area contributed by atoms with Gasteiger partial charge < -0.3 is 4.74 Å². The third-order valence-corrected chi connectivity index (χ3v) is 7.83. The molecule has 0 aliphatic carbocycles. The molecule has 0 N–H and O–H groups in total. The van der Waals surface area contributed by atoms with Crippen LogP contribution in [0.2, 0.25) is 0 Å². The summed E-state index contributed by atoms with van der Waals surface area (Å²) >= 11 is 0. The van der Waals surface area contributed by atoms with Crippen molar-refractivity contribution in [2.24, 2.45) is 0 Å². The molecule has 186 valence electrons. The van der Waals surface area contributed by atoms with Crippen molar-refractivity contribution in [1.82, 2.24) is 9.55 Å². The number of nitrogens with zero attached hydrogens (tertiary/aromatic N) is 2. The second-order valence-corrected chi connectivity index (χ2v) is 11.3. The van der Waals surface area contributed by atoms with E-state index >= 15 is 0 Å². The van der Waals surface area contributed by atoms with E-state index in [1.807, 2.05) is 6.07 Å². The molecule has 0 unspecified atom stereocenters. The molecule has 4 aromatic carbocycles. The first kappa shape index (κ1) is 23.5. The summed E-state index contributed by atoms with van der Waals surface area (Å²) in [5, 5.41) is 0. The highest BCUT2D eigenvalue weighted by Crippen LogP contribution is 2.51. The Labute approximate surface area is 219 Å². The Morgan fingerprint density at radius 3 is 2.05 bits per heavy atom. The van der Waals surface area contributed by atoms with E-state index in [2.05, 4.69) is 125 Å². The summed E-state index contributed by atoms with van der Waals surface area (Å²) in [6.07, 6.45) is 0.